The lowest BCUT2D eigenvalue weighted by Crippen LogP contribution is -2.31. The number of aromatic nitrogens is 3. The predicted octanol–water partition coefficient (Wildman–Crippen LogP) is 5.03. The molecule has 1 atom stereocenters. The summed E-state index contributed by atoms with van der Waals surface area (Å²) in [4.78, 5) is 29.3. The van der Waals surface area contributed by atoms with Gasteiger partial charge in [-0.2, -0.15) is 4.98 Å². The fourth-order valence-corrected chi connectivity index (χ4v) is 5.00. The van der Waals surface area contributed by atoms with Crippen LogP contribution < -0.4 is 15.4 Å². The smallest absolute Gasteiger partial charge is 0.315 e. The zero-order valence-electron chi connectivity index (χ0n) is 20.9. The Labute approximate surface area is 218 Å². The van der Waals surface area contributed by atoms with Gasteiger partial charge in [0.05, 0.1) is 17.6 Å². The van der Waals surface area contributed by atoms with Gasteiger partial charge in [0.2, 0.25) is 16.9 Å². The molecule has 37 heavy (non-hydrogen) atoms. The van der Waals surface area contributed by atoms with Crippen LogP contribution in [-0.2, 0) is 4.79 Å². The van der Waals surface area contributed by atoms with Gasteiger partial charge in [0.1, 0.15) is 6.04 Å². The SMILES string of the molecule is CCCCSc1nc2n(n1)C(c1cc(OC)c(O)c([N+](=O)[O-])c1)C(C(=O)Nc1cccc(C)c1)=C(C)N2. The van der Waals surface area contributed by atoms with Gasteiger partial charge in [0.15, 0.2) is 5.75 Å². The lowest BCUT2D eigenvalue weighted by molar-refractivity contribution is -0.386. The highest BCUT2D eigenvalue weighted by Gasteiger charge is 2.36. The molecule has 0 fully saturated rings. The number of aromatic hydroxyl groups is 1. The first-order valence-corrected chi connectivity index (χ1v) is 12.7. The molecule has 1 aliphatic rings. The molecule has 0 aliphatic carbocycles. The maximum atomic E-state index is 13.7. The van der Waals surface area contributed by atoms with Crippen LogP contribution in [-0.4, -0.2) is 43.6 Å². The minimum atomic E-state index is -0.873. The second kappa shape index (κ2) is 10.9. The number of nitrogens with one attached hydrogen (secondary N) is 2. The summed E-state index contributed by atoms with van der Waals surface area (Å²) in [6.07, 6.45) is 2.02. The monoisotopic (exact) mass is 524 g/mol. The first-order chi connectivity index (χ1) is 17.7. The number of amides is 1. The van der Waals surface area contributed by atoms with Gasteiger partial charge in [-0.1, -0.05) is 37.2 Å². The number of allylic oxidation sites excluding steroid dienone is 1. The number of hydrogen-bond donors (Lipinski definition) is 3. The van der Waals surface area contributed by atoms with Gasteiger partial charge in [-0.05, 0) is 49.6 Å². The van der Waals surface area contributed by atoms with Crippen molar-refractivity contribution in [3.8, 4) is 11.5 Å². The maximum Gasteiger partial charge on any atom is 0.315 e. The van der Waals surface area contributed by atoms with Crippen molar-refractivity contribution in [1.82, 2.24) is 14.8 Å². The molecule has 194 valence electrons. The van der Waals surface area contributed by atoms with Crippen LogP contribution in [0, 0.1) is 17.0 Å². The number of rotatable bonds is 9. The first kappa shape index (κ1) is 26.0. The fourth-order valence-electron chi connectivity index (χ4n) is 4.09. The van der Waals surface area contributed by atoms with Crippen molar-refractivity contribution >= 4 is 35.0 Å². The van der Waals surface area contributed by atoms with Crippen LogP contribution >= 0.6 is 11.8 Å². The molecule has 3 aromatic rings. The zero-order valence-corrected chi connectivity index (χ0v) is 21.8. The number of carbonyl (C=O) groups excluding carboxylic acids is 1. The third-order valence-electron chi connectivity index (χ3n) is 5.89. The normalized spacial score (nSPS) is 14.6. The number of benzene rings is 2. The number of nitro groups is 1. The summed E-state index contributed by atoms with van der Waals surface area (Å²) in [6, 6.07) is 9.22. The molecule has 0 saturated carbocycles. The summed E-state index contributed by atoms with van der Waals surface area (Å²) in [5, 5.41) is 33.3. The Morgan fingerprint density at radius 3 is 2.78 bits per heavy atom. The molecular formula is C25H28N6O5S. The van der Waals surface area contributed by atoms with Crippen LogP contribution in [0.4, 0.5) is 17.3 Å². The molecule has 0 saturated heterocycles. The summed E-state index contributed by atoms with van der Waals surface area (Å²) in [5.74, 6) is 0.153. The van der Waals surface area contributed by atoms with Gasteiger partial charge in [-0.25, -0.2) is 4.68 Å². The number of carbonyl (C=O) groups is 1. The van der Waals surface area contributed by atoms with E-state index in [1.165, 1.54) is 31.0 Å². The average molecular weight is 525 g/mol. The van der Waals surface area contributed by atoms with Gasteiger partial charge >= 0.3 is 5.69 Å². The number of fused-ring (bicyclic) bond motifs is 1. The minimum Gasteiger partial charge on any atom is -0.500 e. The molecule has 1 amide bonds. The Balaban J connectivity index is 1.84. The van der Waals surface area contributed by atoms with Gasteiger partial charge in [-0.3, -0.25) is 14.9 Å². The van der Waals surface area contributed by atoms with E-state index in [4.69, 9.17) is 4.74 Å². The quantitative estimate of drug-likeness (QED) is 0.152. The Kier molecular flexibility index (Phi) is 7.67. The predicted molar refractivity (Wildman–Crippen MR) is 141 cm³/mol. The Bertz CT molecular complexity index is 1390. The molecule has 2 heterocycles. The topological polar surface area (TPSA) is 144 Å². The number of methoxy groups -OCH3 is 1. The van der Waals surface area contributed by atoms with Crippen molar-refractivity contribution in [2.45, 2.75) is 44.8 Å². The highest BCUT2D eigenvalue weighted by molar-refractivity contribution is 7.99. The number of nitrogens with zero attached hydrogens (tertiary/aromatic N) is 4. The third-order valence-corrected chi connectivity index (χ3v) is 6.82. The second-order valence-corrected chi connectivity index (χ2v) is 9.66. The van der Waals surface area contributed by atoms with E-state index in [-0.39, 0.29) is 5.75 Å². The number of phenolic OH excluding ortho intramolecular Hbond substituents is 1. The highest BCUT2D eigenvalue weighted by Crippen LogP contribution is 2.43. The summed E-state index contributed by atoms with van der Waals surface area (Å²) in [7, 11) is 1.31. The Morgan fingerprint density at radius 1 is 1.32 bits per heavy atom. The molecular weight excluding hydrogens is 496 g/mol. The van der Waals surface area contributed by atoms with Crippen LogP contribution in [0.1, 0.15) is 43.9 Å². The van der Waals surface area contributed by atoms with E-state index in [9.17, 15) is 20.0 Å². The average Bonchev–Trinajstić information content (AvgIpc) is 3.25. The number of anilines is 2. The standard InChI is InChI=1S/C25H28N6O5S/c1-5-6-10-37-25-28-24-26-15(3)20(23(33)27-17-9-7-8-14(2)11-17)21(30(24)29-25)16-12-18(31(34)35)22(32)19(13-16)36-4/h7-9,11-13,21,32H,5-6,10H2,1-4H3,(H,27,33)(H,26,28,29). The highest BCUT2D eigenvalue weighted by atomic mass is 32.2. The molecule has 1 aromatic heterocycles. The molecule has 0 bridgehead atoms. The van der Waals surface area contributed by atoms with Crippen molar-refractivity contribution in [3.63, 3.8) is 0 Å². The Hall–Kier alpha value is -4.06. The first-order valence-electron chi connectivity index (χ1n) is 11.7. The van der Waals surface area contributed by atoms with E-state index in [1.807, 2.05) is 25.1 Å². The van der Waals surface area contributed by atoms with E-state index >= 15 is 0 Å². The van der Waals surface area contributed by atoms with Crippen LogP contribution in [0.5, 0.6) is 11.5 Å². The summed E-state index contributed by atoms with van der Waals surface area (Å²) in [6.45, 7) is 5.76. The van der Waals surface area contributed by atoms with Crippen molar-refractivity contribution in [2.75, 3.05) is 23.5 Å². The van der Waals surface area contributed by atoms with E-state index in [0.29, 0.717) is 33.6 Å². The number of thioether (sulfide) groups is 1. The van der Waals surface area contributed by atoms with E-state index < -0.39 is 28.3 Å². The lowest BCUT2D eigenvalue weighted by atomic mass is 9.94. The van der Waals surface area contributed by atoms with Gasteiger partial charge in [0.25, 0.3) is 5.91 Å². The molecule has 2 aromatic carbocycles. The van der Waals surface area contributed by atoms with Crippen LogP contribution in [0.3, 0.4) is 0 Å². The number of ether oxygens (including phenoxy) is 1. The Morgan fingerprint density at radius 2 is 2.11 bits per heavy atom. The maximum absolute atomic E-state index is 13.7. The number of nitro benzene ring substituents is 1. The molecule has 1 unspecified atom stereocenters. The summed E-state index contributed by atoms with van der Waals surface area (Å²) in [5.41, 5.74) is 2.21. The molecule has 1 aliphatic heterocycles. The number of phenols is 1. The van der Waals surface area contributed by atoms with E-state index in [1.54, 1.807) is 17.7 Å². The minimum absolute atomic E-state index is 0.0852. The van der Waals surface area contributed by atoms with Crippen molar-refractivity contribution in [1.29, 1.82) is 0 Å². The van der Waals surface area contributed by atoms with E-state index in [2.05, 4.69) is 27.6 Å². The molecule has 12 heteroatoms. The van der Waals surface area contributed by atoms with Crippen molar-refractivity contribution < 1.29 is 19.6 Å². The van der Waals surface area contributed by atoms with Crippen LogP contribution in [0.25, 0.3) is 0 Å². The number of hydrogen-bond acceptors (Lipinski definition) is 9. The fraction of sp³-hybridized carbons (Fsp3) is 0.320. The van der Waals surface area contributed by atoms with Crippen LogP contribution in [0.2, 0.25) is 0 Å². The largest absolute Gasteiger partial charge is 0.500 e. The van der Waals surface area contributed by atoms with Crippen molar-refractivity contribution in [3.05, 3.63) is 68.9 Å². The van der Waals surface area contributed by atoms with Crippen LogP contribution in [0.15, 0.2) is 52.8 Å². The molecule has 0 spiro atoms. The molecule has 0 radical (unpaired) electrons. The number of aryl methyl sites for hydroxylation is 1. The van der Waals surface area contributed by atoms with Gasteiger partial charge < -0.3 is 20.5 Å². The molecule has 3 N–H and O–H groups in total. The number of unbranched alkanes of at least 4 members (excludes halogenated alkanes) is 1. The van der Waals surface area contributed by atoms with Gasteiger partial charge in [0, 0.05) is 23.2 Å². The molecule has 11 nitrogen and oxygen atoms in total. The summed E-state index contributed by atoms with van der Waals surface area (Å²) >= 11 is 1.49. The molecule has 4 rings (SSSR count). The van der Waals surface area contributed by atoms with Crippen molar-refractivity contribution in [2.24, 2.45) is 0 Å². The summed E-state index contributed by atoms with van der Waals surface area (Å²) < 4.78 is 6.76. The van der Waals surface area contributed by atoms with E-state index in [0.717, 1.165) is 24.2 Å². The lowest BCUT2D eigenvalue weighted by Gasteiger charge is -2.29. The third kappa shape index (κ3) is 5.38. The van der Waals surface area contributed by atoms with Gasteiger partial charge in [-0.15, -0.1) is 5.10 Å². The zero-order chi connectivity index (χ0) is 26.7. The second-order valence-electron chi connectivity index (χ2n) is 8.60.